The molecule has 2 rings (SSSR count). The maximum atomic E-state index is 11.5. The van der Waals surface area contributed by atoms with Gasteiger partial charge in [-0.3, -0.25) is 10.2 Å². The summed E-state index contributed by atoms with van der Waals surface area (Å²) in [6.07, 6.45) is 1.73. The molecule has 0 fully saturated rings. The molecule has 1 aromatic heterocycles. The number of amidine groups is 1. The van der Waals surface area contributed by atoms with Crippen molar-refractivity contribution in [2.24, 2.45) is 5.73 Å². The number of nitrogens with two attached hydrogens (primary N) is 1. The Bertz CT molecular complexity index is 617. The lowest BCUT2D eigenvalue weighted by molar-refractivity contribution is 0.296. The summed E-state index contributed by atoms with van der Waals surface area (Å²) in [4.78, 5) is 11.5. The molecule has 0 spiro atoms. The first kappa shape index (κ1) is 12.9. The van der Waals surface area contributed by atoms with Crippen LogP contribution >= 0.6 is 0 Å². The number of rotatable bonds is 5. The van der Waals surface area contributed by atoms with Crippen molar-refractivity contribution >= 4 is 5.84 Å². The van der Waals surface area contributed by atoms with Gasteiger partial charge in [-0.15, -0.1) is 0 Å². The molecule has 2 aromatic rings. The fourth-order valence-corrected chi connectivity index (χ4v) is 1.64. The minimum Gasteiger partial charge on any atom is -0.492 e. The third-order valence-corrected chi connectivity index (χ3v) is 2.67. The van der Waals surface area contributed by atoms with E-state index in [1.165, 1.54) is 6.07 Å². The van der Waals surface area contributed by atoms with E-state index in [0.717, 1.165) is 0 Å². The highest BCUT2D eigenvalue weighted by Crippen LogP contribution is 2.11. The lowest BCUT2D eigenvalue weighted by Gasteiger charge is -2.08. The largest absolute Gasteiger partial charge is 0.492 e. The Balaban J connectivity index is 1.91. The first-order valence-corrected chi connectivity index (χ1v) is 5.89. The zero-order chi connectivity index (χ0) is 13.7. The van der Waals surface area contributed by atoms with E-state index >= 15 is 0 Å². The summed E-state index contributed by atoms with van der Waals surface area (Å²) in [7, 11) is 0. The molecule has 0 aliphatic rings. The molecule has 0 radical (unpaired) electrons. The molecule has 0 saturated carbocycles. The molecule has 0 aliphatic heterocycles. The number of nitrogens with zero attached hydrogens (tertiary/aromatic N) is 1. The minimum atomic E-state index is -0.0435. The van der Waals surface area contributed by atoms with Crippen molar-refractivity contribution in [3.63, 3.8) is 0 Å². The van der Waals surface area contributed by atoms with E-state index in [2.05, 4.69) is 0 Å². The van der Waals surface area contributed by atoms with E-state index in [4.69, 9.17) is 15.9 Å². The Morgan fingerprint density at radius 3 is 2.58 bits per heavy atom. The molecular formula is C14H15N3O2. The first-order valence-electron chi connectivity index (χ1n) is 5.89. The van der Waals surface area contributed by atoms with E-state index in [9.17, 15) is 4.79 Å². The molecule has 0 aliphatic carbocycles. The highest BCUT2D eigenvalue weighted by atomic mass is 16.5. The van der Waals surface area contributed by atoms with Gasteiger partial charge in [0.1, 0.15) is 18.2 Å². The fraction of sp³-hybridized carbons (Fsp3) is 0.143. The summed E-state index contributed by atoms with van der Waals surface area (Å²) in [5, 5.41) is 7.28. The van der Waals surface area contributed by atoms with E-state index < -0.39 is 0 Å². The van der Waals surface area contributed by atoms with Crippen LogP contribution in [0.3, 0.4) is 0 Å². The van der Waals surface area contributed by atoms with E-state index in [-0.39, 0.29) is 11.4 Å². The van der Waals surface area contributed by atoms with Crippen LogP contribution < -0.4 is 16.0 Å². The molecule has 3 N–H and O–H groups in total. The highest BCUT2D eigenvalue weighted by molar-refractivity contribution is 5.94. The van der Waals surface area contributed by atoms with Crippen LogP contribution in [0.1, 0.15) is 5.56 Å². The molecule has 0 atom stereocenters. The van der Waals surface area contributed by atoms with Crippen LogP contribution in [0.4, 0.5) is 0 Å². The second kappa shape index (κ2) is 5.86. The van der Waals surface area contributed by atoms with Gasteiger partial charge in [-0.2, -0.15) is 0 Å². The molecule has 0 bridgehead atoms. The summed E-state index contributed by atoms with van der Waals surface area (Å²) in [5.41, 5.74) is 5.98. The van der Waals surface area contributed by atoms with Crippen LogP contribution in [0.25, 0.3) is 0 Å². The Morgan fingerprint density at radius 2 is 1.95 bits per heavy atom. The molecule has 1 aromatic carbocycles. The van der Waals surface area contributed by atoms with Crippen LogP contribution in [0.5, 0.6) is 5.75 Å². The van der Waals surface area contributed by atoms with Crippen molar-refractivity contribution in [3.8, 4) is 5.75 Å². The van der Waals surface area contributed by atoms with Gasteiger partial charge in [0.2, 0.25) is 0 Å². The average Bonchev–Trinajstić information content (AvgIpc) is 2.41. The summed E-state index contributed by atoms with van der Waals surface area (Å²) in [6.45, 7) is 0.900. The van der Waals surface area contributed by atoms with Crippen LogP contribution in [0, 0.1) is 5.41 Å². The van der Waals surface area contributed by atoms with Gasteiger partial charge in [-0.1, -0.05) is 6.07 Å². The maximum absolute atomic E-state index is 11.5. The lowest BCUT2D eigenvalue weighted by Crippen LogP contribution is -2.21. The number of hydrogen-bond acceptors (Lipinski definition) is 3. The van der Waals surface area contributed by atoms with Crippen LogP contribution in [-0.4, -0.2) is 17.0 Å². The van der Waals surface area contributed by atoms with E-state index in [1.54, 1.807) is 41.1 Å². The maximum Gasteiger partial charge on any atom is 0.250 e. The molecule has 5 heteroatoms. The van der Waals surface area contributed by atoms with Gasteiger partial charge >= 0.3 is 0 Å². The number of benzene rings is 1. The molecule has 98 valence electrons. The van der Waals surface area contributed by atoms with Crippen LogP contribution in [0.2, 0.25) is 0 Å². The Labute approximate surface area is 110 Å². The number of nitrogen functional groups attached to an aromatic ring is 1. The van der Waals surface area contributed by atoms with Gasteiger partial charge in [0.25, 0.3) is 5.56 Å². The summed E-state index contributed by atoms with van der Waals surface area (Å²) in [5.74, 6) is 0.719. The van der Waals surface area contributed by atoms with Crippen molar-refractivity contribution < 1.29 is 4.74 Å². The molecule has 1 heterocycles. The van der Waals surface area contributed by atoms with Gasteiger partial charge in [0, 0.05) is 17.8 Å². The summed E-state index contributed by atoms with van der Waals surface area (Å²) < 4.78 is 7.12. The molecule has 19 heavy (non-hydrogen) atoms. The second-order valence-corrected chi connectivity index (χ2v) is 4.02. The van der Waals surface area contributed by atoms with Crippen molar-refractivity contribution in [2.45, 2.75) is 6.54 Å². The van der Waals surface area contributed by atoms with E-state index in [0.29, 0.717) is 24.5 Å². The molecule has 0 amide bonds. The predicted octanol–water partition coefficient (Wildman–Crippen LogP) is 1.21. The minimum absolute atomic E-state index is 0.0300. The number of aromatic nitrogens is 1. The molecule has 0 saturated heterocycles. The topological polar surface area (TPSA) is 81.1 Å². The average molecular weight is 257 g/mol. The Hall–Kier alpha value is -2.56. The van der Waals surface area contributed by atoms with Crippen molar-refractivity contribution in [1.29, 1.82) is 5.41 Å². The molecular weight excluding hydrogens is 242 g/mol. The van der Waals surface area contributed by atoms with Crippen molar-refractivity contribution in [3.05, 3.63) is 64.6 Å². The predicted molar refractivity (Wildman–Crippen MR) is 73.7 cm³/mol. The Morgan fingerprint density at radius 1 is 1.21 bits per heavy atom. The summed E-state index contributed by atoms with van der Waals surface area (Å²) >= 11 is 0. The first-order chi connectivity index (χ1) is 9.16. The zero-order valence-electron chi connectivity index (χ0n) is 10.4. The summed E-state index contributed by atoms with van der Waals surface area (Å²) in [6, 6.07) is 12.0. The van der Waals surface area contributed by atoms with Gasteiger partial charge in [0.05, 0.1) is 6.54 Å². The number of hydrogen-bond donors (Lipinski definition) is 2. The molecule has 5 nitrogen and oxygen atoms in total. The standard InChI is InChI=1S/C14H15N3O2/c15-14(16)11-4-6-12(7-5-11)19-10-9-17-8-2-1-3-13(17)18/h1-8H,9-10H2,(H3,15,16). The SMILES string of the molecule is N=C(N)c1ccc(OCCn2ccccc2=O)cc1. The number of nitrogens with one attached hydrogen (secondary N) is 1. The number of pyridine rings is 1. The van der Waals surface area contributed by atoms with Gasteiger partial charge in [-0.05, 0) is 30.3 Å². The van der Waals surface area contributed by atoms with Crippen LogP contribution in [-0.2, 0) is 6.54 Å². The number of ether oxygens (including phenoxy) is 1. The molecule has 0 unspecified atom stereocenters. The quantitative estimate of drug-likeness (QED) is 0.624. The normalized spacial score (nSPS) is 10.1. The highest BCUT2D eigenvalue weighted by Gasteiger charge is 1.98. The van der Waals surface area contributed by atoms with Crippen molar-refractivity contribution in [1.82, 2.24) is 4.57 Å². The third-order valence-electron chi connectivity index (χ3n) is 2.67. The van der Waals surface area contributed by atoms with Gasteiger partial charge < -0.3 is 15.0 Å². The lowest BCUT2D eigenvalue weighted by atomic mass is 10.2. The Kier molecular flexibility index (Phi) is 3.97. The smallest absolute Gasteiger partial charge is 0.250 e. The van der Waals surface area contributed by atoms with Crippen molar-refractivity contribution in [2.75, 3.05) is 6.61 Å². The second-order valence-electron chi connectivity index (χ2n) is 4.02. The van der Waals surface area contributed by atoms with Crippen LogP contribution in [0.15, 0.2) is 53.5 Å². The van der Waals surface area contributed by atoms with Gasteiger partial charge in [0.15, 0.2) is 0 Å². The fourth-order valence-electron chi connectivity index (χ4n) is 1.64. The zero-order valence-corrected chi connectivity index (χ0v) is 10.4. The van der Waals surface area contributed by atoms with Gasteiger partial charge in [-0.25, -0.2) is 0 Å². The third kappa shape index (κ3) is 3.45. The monoisotopic (exact) mass is 257 g/mol. The van der Waals surface area contributed by atoms with E-state index in [1.807, 2.05) is 6.07 Å².